The molecule has 0 aliphatic carbocycles. The van der Waals surface area contributed by atoms with Crippen LogP contribution in [0.25, 0.3) is 6.08 Å². The van der Waals surface area contributed by atoms with Gasteiger partial charge in [-0.25, -0.2) is 4.79 Å². The Labute approximate surface area is 157 Å². The minimum atomic E-state index is -0.527. The molecule has 1 saturated heterocycles. The fourth-order valence-corrected chi connectivity index (χ4v) is 3.67. The van der Waals surface area contributed by atoms with Gasteiger partial charge in [-0.15, -0.1) is 11.3 Å². The minimum Gasteiger partial charge on any atom is -0.465 e. The smallest absolute Gasteiger partial charge is 0.465 e. The predicted molar refractivity (Wildman–Crippen MR) is 103 cm³/mol. The molecular weight excluding hydrogens is 359 g/mol. The van der Waals surface area contributed by atoms with Crippen molar-refractivity contribution in [1.29, 1.82) is 0 Å². The Morgan fingerprint density at radius 1 is 1.24 bits per heavy atom. The minimum absolute atomic E-state index is 0.0313. The molecule has 0 amide bonds. The third-order valence-electron chi connectivity index (χ3n) is 4.34. The third-order valence-corrected chi connectivity index (χ3v) is 6.24. The second kappa shape index (κ2) is 7.66. The molecule has 8 heteroatoms. The van der Waals surface area contributed by atoms with E-state index in [1.165, 1.54) is 37.1 Å². The molecular formula is C17H23BO5S2. The maximum absolute atomic E-state index is 11.6. The average molecular weight is 382 g/mol. The van der Waals surface area contributed by atoms with E-state index in [1.54, 1.807) is 6.07 Å². The fourth-order valence-electron chi connectivity index (χ4n) is 2.18. The second-order valence-electron chi connectivity index (χ2n) is 6.78. The van der Waals surface area contributed by atoms with E-state index in [1.807, 2.05) is 39.8 Å². The first-order chi connectivity index (χ1) is 11.6. The molecule has 1 aliphatic rings. The summed E-state index contributed by atoms with van der Waals surface area (Å²) in [7, 11) is 0.831. The van der Waals surface area contributed by atoms with Crippen LogP contribution in [0.1, 0.15) is 49.2 Å². The standard InChI is InChI=1S/C17H23BO5S2/c1-11(19)24-10-12(18-22-16(2,3)17(4,5)23-18)9-13-7-8-14(25-13)15(20)21-6/h7-9H,10H2,1-6H3. The molecule has 1 aromatic rings. The van der Waals surface area contributed by atoms with Crippen molar-refractivity contribution in [2.45, 2.75) is 45.8 Å². The van der Waals surface area contributed by atoms with Crippen molar-refractivity contribution in [1.82, 2.24) is 0 Å². The molecule has 0 spiro atoms. The number of ether oxygens (including phenoxy) is 1. The fraction of sp³-hybridized carbons (Fsp3) is 0.529. The van der Waals surface area contributed by atoms with Gasteiger partial charge in [0, 0.05) is 17.6 Å². The number of rotatable bonds is 5. The third kappa shape index (κ3) is 4.75. The van der Waals surface area contributed by atoms with Crippen molar-refractivity contribution in [3.8, 4) is 0 Å². The van der Waals surface area contributed by atoms with E-state index in [0.717, 1.165) is 10.3 Å². The summed E-state index contributed by atoms with van der Waals surface area (Å²) < 4.78 is 16.9. The number of hydrogen-bond donors (Lipinski definition) is 0. The Balaban J connectivity index is 2.28. The van der Waals surface area contributed by atoms with Crippen LogP contribution in [0.2, 0.25) is 0 Å². The number of thioether (sulfide) groups is 1. The Morgan fingerprint density at radius 2 is 1.84 bits per heavy atom. The molecule has 1 aliphatic heterocycles. The van der Waals surface area contributed by atoms with E-state index < -0.39 is 18.3 Å². The summed E-state index contributed by atoms with van der Waals surface area (Å²) in [5.41, 5.74) is -0.0497. The summed E-state index contributed by atoms with van der Waals surface area (Å²) in [6.45, 7) is 9.49. The highest BCUT2D eigenvalue weighted by Gasteiger charge is 2.52. The van der Waals surface area contributed by atoms with E-state index in [4.69, 9.17) is 14.0 Å². The van der Waals surface area contributed by atoms with Gasteiger partial charge < -0.3 is 14.0 Å². The summed E-state index contributed by atoms with van der Waals surface area (Å²) in [5, 5.41) is 0.0313. The molecule has 0 aromatic carbocycles. The molecule has 1 aromatic heterocycles. The van der Waals surface area contributed by atoms with Gasteiger partial charge in [0.2, 0.25) is 0 Å². The molecule has 2 rings (SSSR count). The van der Waals surface area contributed by atoms with E-state index in [0.29, 0.717) is 10.6 Å². The summed E-state index contributed by atoms with van der Waals surface area (Å²) in [5.74, 6) is 0.109. The van der Waals surface area contributed by atoms with Gasteiger partial charge in [-0.2, -0.15) is 0 Å². The Hall–Kier alpha value is -1.09. The molecule has 0 radical (unpaired) electrons. The van der Waals surface area contributed by atoms with Crippen LogP contribution in [0.4, 0.5) is 0 Å². The van der Waals surface area contributed by atoms with Crippen LogP contribution in [-0.4, -0.2) is 42.3 Å². The quantitative estimate of drug-likeness (QED) is 0.570. The lowest BCUT2D eigenvalue weighted by Gasteiger charge is -2.32. The Kier molecular flexibility index (Phi) is 6.19. The number of carbonyl (C=O) groups excluding carboxylic acids is 2. The summed E-state index contributed by atoms with van der Waals surface area (Å²) in [4.78, 5) is 24.4. The lowest BCUT2D eigenvalue weighted by molar-refractivity contribution is -0.109. The monoisotopic (exact) mass is 382 g/mol. The topological polar surface area (TPSA) is 61.8 Å². The largest absolute Gasteiger partial charge is 0.491 e. The molecule has 136 valence electrons. The van der Waals surface area contributed by atoms with Crippen molar-refractivity contribution in [2.75, 3.05) is 12.9 Å². The van der Waals surface area contributed by atoms with Gasteiger partial charge in [-0.3, -0.25) is 4.79 Å². The molecule has 2 heterocycles. The second-order valence-corrected chi connectivity index (χ2v) is 9.05. The van der Waals surface area contributed by atoms with Crippen molar-refractivity contribution in [3.63, 3.8) is 0 Å². The number of esters is 1. The van der Waals surface area contributed by atoms with Gasteiger partial charge >= 0.3 is 13.1 Å². The summed E-state index contributed by atoms with van der Waals surface area (Å²) in [6, 6.07) is 3.57. The van der Waals surface area contributed by atoms with E-state index in [-0.39, 0.29) is 11.1 Å². The van der Waals surface area contributed by atoms with Gasteiger partial charge in [0.1, 0.15) is 4.88 Å². The molecule has 0 atom stereocenters. The van der Waals surface area contributed by atoms with Crippen LogP contribution in [0.3, 0.4) is 0 Å². The van der Waals surface area contributed by atoms with E-state index >= 15 is 0 Å². The van der Waals surface area contributed by atoms with Crippen molar-refractivity contribution >= 4 is 47.4 Å². The number of hydrogen-bond acceptors (Lipinski definition) is 7. The highest BCUT2D eigenvalue weighted by atomic mass is 32.2. The molecule has 0 N–H and O–H groups in total. The molecule has 0 unspecified atom stereocenters. The van der Waals surface area contributed by atoms with Crippen LogP contribution < -0.4 is 0 Å². The lowest BCUT2D eigenvalue weighted by atomic mass is 9.79. The lowest BCUT2D eigenvalue weighted by Crippen LogP contribution is -2.41. The molecule has 0 bridgehead atoms. The molecule has 25 heavy (non-hydrogen) atoms. The molecule has 1 fully saturated rings. The van der Waals surface area contributed by atoms with Gasteiger partial charge in [0.25, 0.3) is 0 Å². The number of methoxy groups -OCH3 is 1. The molecule has 0 saturated carbocycles. The van der Waals surface area contributed by atoms with E-state index in [2.05, 4.69) is 0 Å². The van der Waals surface area contributed by atoms with Gasteiger partial charge in [-0.1, -0.05) is 11.8 Å². The first-order valence-corrected chi connectivity index (χ1v) is 9.73. The van der Waals surface area contributed by atoms with Crippen LogP contribution >= 0.6 is 23.1 Å². The normalized spacial score (nSPS) is 19.1. The zero-order chi connectivity index (χ0) is 18.8. The Morgan fingerprint density at radius 3 is 2.36 bits per heavy atom. The summed E-state index contributed by atoms with van der Waals surface area (Å²) >= 11 is 2.54. The first-order valence-electron chi connectivity index (χ1n) is 7.93. The SMILES string of the molecule is COC(=O)c1ccc(C=C(CSC(C)=O)B2OC(C)(C)C(C)(C)O2)s1. The average Bonchev–Trinajstić information content (AvgIpc) is 3.05. The number of carbonyl (C=O) groups is 2. The van der Waals surface area contributed by atoms with Crippen LogP contribution in [0.15, 0.2) is 17.6 Å². The van der Waals surface area contributed by atoms with Gasteiger partial charge in [0.05, 0.1) is 18.3 Å². The van der Waals surface area contributed by atoms with Crippen LogP contribution in [0.5, 0.6) is 0 Å². The van der Waals surface area contributed by atoms with Crippen LogP contribution in [-0.2, 0) is 18.8 Å². The van der Waals surface area contributed by atoms with Gasteiger partial charge in [-0.05, 0) is 51.4 Å². The summed E-state index contributed by atoms with van der Waals surface area (Å²) in [6.07, 6.45) is 1.93. The maximum atomic E-state index is 11.6. The highest BCUT2D eigenvalue weighted by molar-refractivity contribution is 8.13. The zero-order valence-electron chi connectivity index (χ0n) is 15.4. The van der Waals surface area contributed by atoms with Crippen molar-refractivity contribution < 1.29 is 23.6 Å². The van der Waals surface area contributed by atoms with Crippen molar-refractivity contribution in [3.05, 3.63) is 27.4 Å². The Bertz CT molecular complexity index is 677. The zero-order valence-corrected chi connectivity index (χ0v) is 17.0. The van der Waals surface area contributed by atoms with Crippen molar-refractivity contribution in [2.24, 2.45) is 0 Å². The molecule has 5 nitrogen and oxygen atoms in total. The number of thiophene rings is 1. The predicted octanol–water partition coefficient (Wildman–Crippen LogP) is 3.83. The van der Waals surface area contributed by atoms with Gasteiger partial charge in [0.15, 0.2) is 5.12 Å². The highest BCUT2D eigenvalue weighted by Crippen LogP contribution is 2.39. The van der Waals surface area contributed by atoms with Crippen LogP contribution in [0, 0.1) is 0 Å². The maximum Gasteiger partial charge on any atom is 0.491 e. The van der Waals surface area contributed by atoms with E-state index in [9.17, 15) is 9.59 Å². The first kappa shape index (κ1) is 20.2.